The summed E-state index contributed by atoms with van der Waals surface area (Å²) in [6.45, 7) is 2.93. The van der Waals surface area contributed by atoms with Crippen molar-refractivity contribution < 1.29 is 24.0 Å². The van der Waals surface area contributed by atoms with E-state index >= 15 is 0 Å². The lowest BCUT2D eigenvalue weighted by Gasteiger charge is -2.05. The van der Waals surface area contributed by atoms with Crippen molar-refractivity contribution in [3.8, 4) is 0 Å². The van der Waals surface area contributed by atoms with Crippen molar-refractivity contribution in [1.82, 2.24) is 4.57 Å². The summed E-state index contributed by atoms with van der Waals surface area (Å²) < 4.78 is 12.9. The van der Waals surface area contributed by atoms with Crippen LogP contribution in [0, 0.1) is 10.1 Å². The molecule has 0 unspecified atom stereocenters. The predicted molar refractivity (Wildman–Crippen MR) is 120 cm³/mol. The van der Waals surface area contributed by atoms with E-state index < -0.39 is 16.8 Å². The first kappa shape index (κ1) is 23.0. The lowest BCUT2D eigenvalue weighted by molar-refractivity contribution is -0.384. The molecule has 1 heterocycles. The number of nitro groups is 1. The van der Waals surface area contributed by atoms with Gasteiger partial charge >= 0.3 is 5.97 Å². The monoisotopic (exact) mass is 455 g/mol. The molecule has 0 bridgehead atoms. The number of hydrogen-bond acceptors (Lipinski definition) is 7. The highest BCUT2D eigenvalue weighted by molar-refractivity contribution is 7.16. The summed E-state index contributed by atoms with van der Waals surface area (Å²) >= 11 is 1.28. The number of hydrogen-bond donors (Lipinski definition) is 0. The molecule has 0 aliphatic rings. The molecule has 166 valence electrons. The van der Waals surface area contributed by atoms with Crippen LogP contribution in [-0.2, 0) is 20.8 Å². The molecule has 0 atom stereocenters. The highest BCUT2D eigenvalue weighted by Crippen LogP contribution is 2.20. The number of methoxy groups -OCH3 is 1. The number of fused-ring (bicyclic) bond motifs is 1. The fraction of sp³-hybridized carbons (Fsp3) is 0.227. The summed E-state index contributed by atoms with van der Waals surface area (Å²) in [5, 5.41) is 10.7. The number of nitro benzene ring substituents is 1. The number of ether oxygens (including phenoxy) is 2. The highest BCUT2D eigenvalue weighted by atomic mass is 32.1. The van der Waals surface area contributed by atoms with Crippen LogP contribution in [0.1, 0.15) is 22.8 Å². The van der Waals surface area contributed by atoms with Crippen LogP contribution in [0.5, 0.6) is 0 Å². The molecule has 10 heteroatoms. The Kier molecular flexibility index (Phi) is 7.63. The third-order valence-electron chi connectivity index (χ3n) is 4.44. The number of esters is 1. The van der Waals surface area contributed by atoms with E-state index in [0.29, 0.717) is 29.1 Å². The maximum absolute atomic E-state index is 12.5. The maximum atomic E-state index is 12.5. The van der Waals surface area contributed by atoms with Crippen molar-refractivity contribution in [3.05, 3.63) is 74.6 Å². The summed E-state index contributed by atoms with van der Waals surface area (Å²) in [6, 6.07) is 11.0. The first-order chi connectivity index (χ1) is 15.4. The van der Waals surface area contributed by atoms with E-state index in [4.69, 9.17) is 9.47 Å². The Labute approximate surface area is 187 Å². The number of aromatic nitrogens is 1. The zero-order valence-corrected chi connectivity index (χ0v) is 18.3. The Morgan fingerprint density at radius 1 is 1.22 bits per heavy atom. The van der Waals surface area contributed by atoms with Gasteiger partial charge in [0.2, 0.25) is 0 Å². The number of carbonyl (C=O) groups excluding carboxylic acids is 2. The third-order valence-corrected chi connectivity index (χ3v) is 5.48. The van der Waals surface area contributed by atoms with Crippen molar-refractivity contribution >= 4 is 45.2 Å². The molecular weight excluding hydrogens is 434 g/mol. The van der Waals surface area contributed by atoms with Gasteiger partial charge in [0.25, 0.3) is 11.6 Å². The van der Waals surface area contributed by atoms with Crippen molar-refractivity contribution in [1.29, 1.82) is 0 Å². The largest absolute Gasteiger partial charge is 0.462 e. The van der Waals surface area contributed by atoms with Gasteiger partial charge in [-0.15, -0.1) is 0 Å². The number of nitrogens with zero attached hydrogens (tertiary/aromatic N) is 3. The molecule has 0 saturated heterocycles. The summed E-state index contributed by atoms with van der Waals surface area (Å²) in [6.07, 6.45) is 2.84. The van der Waals surface area contributed by atoms with Crippen LogP contribution in [0.15, 0.2) is 53.5 Å². The molecule has 3 rings (SSSR count). The second-order valence-electron chi connectivity index (χ2n) is 6.56. The second-order valence-corrected chi connectivity index (χ2v) is 7.57. The fourth-order valence-electron chi connectivity index (χ4n) is 2.90. The third kappa shape index (κ3) is 5.54. The zero-order valence-electron chi connectivity index (χ0n) is 17.5. The second kappa shape index (κ2) is 10.6. The quantitative estimate of drug-likeness (QED) is 0.222. The van der Waals surface area contributed by atoms with Crippen molar-refractivity contribution in [2.45, 2.75) is 13.5 Å². The molecule has 2 aromatic carbocycles. The van der Waals surface area contributed by atoms with Crippen molar-refractivity contribution in [2.24, 2.45) is 4.99 Å². The van der Waals surface area contributed by atoms with Gasteiger partial charge < -0.3 is 14.0 Å². The Morgan fingerprint density at radius 2 is 1.97 bits per heavy atom. The molecule has 1 amide bonds. The molecule has 0 aliphatic carbocycles. The van der Waals surface area contributed by atoms with Gasteiger partial charge in [-0.25, -0.2) is 4.79 Å². The van der Waals surface area contributed by atoms with Gasteiger partial charge in [-0.05, 0) is 48.9 Å². The lowest BCUT2D eigenvalue weighted by atomic mass is 10.2. The van der Waals surface area contributed by atoms with E-state index in [-0.39, 0.29) is 12.3 Å². The van der Waals surface area contributed by atoms with Gasteiger partial charge in [0.1, 0.15) is 0 Å². The summed E-state index contributed by atoms with van der Waals surface area (Å²) in [7, 11) is 1.59. The smallest absolute Gasteiger partial charge is 0.338 e. The van der Waals surface area contributed by atoms with Crippen molar-refractivity contribution in [2.75, 3.05) is 20.3 Å². The van der Waals surface area contributed by atoms with E-state index in [9.17, 15) is 19.7 Å². The normalized spacial score (nSPS) is 11.9. The van der Waals surface area contributed by atoms with Gasteiger partial charge in [0, 0.05) is 31.9 Å². The Balaban J connectivity index is 1.92. The number of non-ortho nitro benzene ring substituents is 1. The number of amides is 1. The minimum atomic E-state index is -0.485. The molecule has 9 nitrogen and oxygen atoms in total. The van der Waals surface area contributed by atoms with E-state index in [2.05, 4.69) is 4.99 Å². The molecule has 0 N–H and O–H groups in total. The minimum absolute atomic E-state index is 0.0233. The number of rotatable bonds is 8. The van der Waals surface area contributed by atoms with Gasteiger partial charge in [0.15, 0.2) is 4.80 Å². The Morgan fingerprint density at radius 3 is 2.62 bits per heavy atom. The standard InChI is InChI=1S/C22H21N3O6S/c1-3-31-21(27)16-7-10-18-19(14-16)32-22(24(18)12-13-30-2)23-20(26)11-6-15-4-8-17(9-5-15)25(28)29/h4-11,14H,3,12-13H2,1-2H3. The maximum Gasteiger partial charge on any atom is 0.338 e. The van der Waals surface area contributed by atoms with Crippen LogP contribution in [0.3, 0.4) is 0 Å². The summed E-state index contributed by atoms with van der Waals surface area (Å²) in [5.41, 5.74) is 1.87. The minimum Gasteiger partial charge on any atom is -0.462 e. The predicted octanol–water partition coefficient (Wildman–Crippen LogP) is 3.57. The van der Waals surface area contributed by atoms with Crippen LogP contribution in [0.25, 0.3) is 16.3 Å². The van der Waals surface area contributed by atoms with Crippen molar-refractivity contribution in [3.63, 3.8) is 0 Å². The first-order valence-electron chi connectivity index (χ1n) is 9.73. The van der Waals surface area contributed by atoms with E-state index in [0.717, 1.165) is 10.2 Å². The van der Waals surface area contributed by atoms with Crippen LogP contribution in [-0.4, -0.2) is 41.7 Å². The average molecular weight is 455 g/mol. The Hall–Kier alpha value is -3.63. The SMILES string of the molecule is CCOC(=O)c1ccc2c(c1)sc(=NC(=O)C=Cc1ccc([N+](=O)[O-])cc1)n2CCOC. The molecule has 0 fully saturated rings. The summed E-state index contributed by atoms with van der Waals surface area (Å²) in [4.78, 5) is 39.4. The number of benzene rings is 2. The first-order valence-corrected chi connectivity index (χ1v) is 10.5. The van der Waals surface area contributed by atoms with Crippen LogP contribution < -0.4 is 4.80 Å². The summed E-state index contributed by atoms with van der Waals surface area (Å²) in [5.74, 6) is -0.890. The molecule has 0 radical (unpaired) electrons. The van der Waals surface area contributed by atoms with E-state index in [1.54, 1.807) is 50.4 Å². The highest BCUT2D eigenvalue weighted by Gasteiger charge is 2.12. The molecule has 0 saturated carbocycles. The average Bonchev–Trinajstić information content (AvgIpc) is 3.12. The van der Waals surface area contributed by atoms with Gasteiger partial charge in [-0.1, -0.05) is 11.3 Å². The van der Waals surface area contributed by atoms with Crippen LogP contribution in [0.4, 0.5) is 5.69 Å². The molecular formula is C22H21N3O6S. The number of carbonyl (C=O) groups is 2. The van der Waals surface area contributed by atoms with Crippen LogP contribution in [0.2, 0.25) is 0 Å². The molecule has 3 aromatic rings. The van der Waals surface area contributed by atoms with E-state index in [1.807, 2.05) is 4.57 Å². The molecule has 1 aromatic heterocycles. The fourth-order valence-corrected chi connectivity index (χ4v) is 4.01. The van der Waals surface area contributed by atoms with E-state index in [1.165, 1.54) is 29.5 Å². The molecule has 0 aliphatic heterocycles. The molecule has 0 spiro atoms. The number of thiazole rings is 1. The zero-order chi connectivity index (χ0) is 23.1. The molecule has 32 heavy (non-hydrogen) atoms. The van der Waals surface area contributed by atoms with Gasteiger partial charge in [0.05, 0.1) is 33.9 Å². The topological polar surface area (TPSA) is 113 Å². The van der Waals surface area contributed by atoms with Crippen LogP contribution >= 0.6 is 11.3 Å². The van der Waals surface area contributed by atoms with Gasteiger partial charge in [-0.2, -0.15) is 4.99 Å². The van der Waals surface area contributed by atoms with Gasteiger partial charge in [-0.3, -0.25) is 14.9 Å². The lowest BCUT2D eigenvalue weighted by Crippen LogP contribution is -2.19. The Bertz CT molecular complexity index is 1240.